The van der Waals surface area contributed by atoms with Gasteiger partial charge in [0.15, 0.2) is 11.5 Å². The molecular weight excluding hydrogens is 408 g/mol. The minimum Gasteiger partial charge on any atom is -0.494 e. The molecule has 0 atom stereocenters. The zero-order chi connectivity index (χ0) is 22.8. The molecule has 4 rings (SSSR count). The Balaban J connectivity index is 1.94. The van der Waals surface area contributed by atoms with E-state index < -0.39 is 0 Å². The quantitative estimate of drug-likeness (QED) is 0.461. The number of hydrogen-bond donors (Lipinski definition) is 1. The number of imidazole rings is 1. The molecule has 0 fully saturated rings. The number of aryl methyl sites for hydroxylation is 1. The monoisotopic (exact) mass is 434 g/mol. The SMILES string of the molecule is COc1cc(-n2cnc3c(OC)cc(-c4ccc(C)c(CO)c4)cc32)cc(OC)c1OC. The number of methoxy groups -OCH3 is 4. The fourth-order valence-electron chi connectivity index (χ4n) is 3.84. The summed E-state index contributed by atoms with van der Waals surface area (Å²) in [5.41, 5.74) is 6.28. The van der Waals surface area contributed by atoms with Crippen molar-refractivity contribution in [2.75, 3.05) is 28.4 Å². The zero-order valence-corrected chi connectivity index (χ0v) is 18.8. The lowest BCUT2D eigenvalue weighted by Crippen LogP contribution is -1.99. The van der Waals surface area contributed by atoms with Gasteiger partial charge in [-0.05, 0) is 47.4 Å². The number of hydrogen-bond acceptors (Lipinski definition) is 6. The van der Waals surface area contributed by atoms with Crippen LogP contribution in [0, 0.1) is 6.92 Å². The Kier molecular flexibility index (Phi) is 5.92. The highest BCUT2D eigenvalue weighted by Crippen LogP contribution is 2.41. The van der Waals surface area contributed by atoms with Gasteiger partial charge in [-0.1, -0.05) is 12.1 Å². The van der Waals surface area contributed by atoms with Crippen LogP contribution in [0.3, 0.4) is 0 Å². The molecule has 0 unspecified atom stereocenters. The molecule has 0 spiro atoms. The molecule has 1 N–H and O–H groups in total. The molecular formula is C25H26N2O5. The molecule has 0 bridgehead atoms. The largest absolute Gasteiger partial charge is 0.494 e. The smallest absolute Gasteiger partial charge is 0.203 e. The summed E-state index contributed by atoms with van der Waals surface area (Å²) in [6.45, 7) is 1.97. The summed E-state index contributed by atoms with van der Waals surface area (Å²) in [5, 5.41) is 9.69. The van der Waals surface area contributed by atoms with Crippen molar-refractivity contribution in [3.8, 4) is 39.8 Å². The second-order valence-corrected chi connectivity index (χ2v) is 7.34. The standard InChI is InChI=1S/C25H26N2O5/c1-15-6-7-16(8-18(15)13-28)17-9-20-24(21(10-17)29-2)26-14-27(20)19-11-22(30-3)25(32-5)23(12-19)31-4/h6-12,14,28H,13H2,1-5H3. The summed E-state index contributed by atoms with van der Waals surface area (Å²) < 4.78 is 24.1. The number of aromatic nitrogens is 2. The van der Waals surface area contributed by atoms with Gasteiger partial charge in [-0.15, -0.1) is 0 Å². The van der Waals surface area contributed by atoms with Crippen LogP contribution in [0.4, 0.5) is 0 Å². The lowest BCUT2D eigenvalue weighted by atomic mass is 9.99. The van der Waals surface area contributed by atoms with Gasteiger partial charge in [-0.3, -0.25) is 4.57 Å². The average molecular weight is 434 g/mol. The normalized spacial score (nSPS) is 10.9. The third-order valence-electron chi connectivity index (χ3n) is 5.62. The maximum Gasteiger partial charge on any atom is 0.203 e. The molecule has 1 aromatic heterocycles. The maximum atomic E-state index is 9.69. The number of aliphatic hydroxyl groups excluding tert-OH is 1. The van der Waals surface area contributed by atoms with Crippen LogP contribution in [0.15, 0.2) is 48.8 Å². The number of rotatable bonds is 7. The molecule has 4 aromatic rings. The molecule has 1 heterocycles. The fourth-order valence-corrected chi connectivity index (χ4v) is 3.84. The van der Waals surface area contributed by atoms with Crippen LogP contribution < -0.4 is 18.9 Å². The van der Waals surface area contributed by atoms with Crippen LogP contribution in [0.2, 0.25) is 0 Å². The first-order valence-electron chi connectivity index (χ1n) is 10.1. The number of benzene rings is 3. The summed E-state index contributed by atoms with van der Waals surface area (Å²) >= 11 is 0. The van der Waals surface area contributed by atoms with E-state index in [4.69, 9.17) is 18.9 Å². The summed E-state index contributed by atoms with van der Waals surface area (Å²) in [6.07, 6.45) is 1.74. The molecule has 0 aliphatic heterocycles. The Labute approximate surface area is 186 Å². The first-order chi connectivity index (χ1) is 15.5. The number of aliphatic hydroxyl groups is 1. The first-order valence-corrected chi connectivity index (χ1v) is 10.1. The highest BCUT2D eigenvalue weighted by molar-refractivity contribution is 5.89. The molecule has 0 aliphatic carbocycles. The third-order valence-corrected chi connectivity index (χ3v) is 5.62. The van der Waals surface area contributed by atoms with Crippen LogP contribution in [0.5, 0.6) is 23.0 Å². The van der Waals surface area contributed by atoms with Crippen molar-refractivity contribution in [3.63, 3.8) is 0 Å². The molecule has 0 radical (unpaired) electrons. The van der Waals surface area contributed by atoms with Crippen molar-refractivity contribution in [1.29, 1.82) is 0 Å². The van der Waals surface area contributed by atoms with Crippen molar-refractivity contribution in [2.45, 2.75) is 13.5 Å². The first kappa shape index (κ1) is 21.5. The zero-order valence-electron chi connectivity index (χ0n) is 18.8. The molecule has 166 valence electrons. The Bertz CT molecular complexity index is 1250. The Hall–Kier alpha value is -3.71. The number of nitrogens with zero attached hydrogens (tertiary/aromatic N) is 2. The number of ether oxygens (including phenoxy) is 4. The molecule has 0 saturated heterocycles. The van der Waals surface area contributed by atoms with Crippen LogP contribution >= 0.6 is 0 Å². The number of fused-ring (bicyclic) bond motifs is 1. The van der Waals surface area contributed by atoms with Gasteiger partial charge in [0.05, 0.1) is 46.3 Å². The van der Waals surface area contributed by atoms with E-state index in [0.717, 1.165) is 39.0 Å². The van der Waals surface area contributed by atoms with Crippen molar-refractivity contribution in [1.82, 2.24) is 9.55 Å². The summed E-state index contributed by atoms with van der Waals surface area (Å²) in [4.78, 5) is 4.59. The van der Waals surface area contributed by atoms with Gasteiger partial charge in [-0.2, -0.15) is 0 Å². The summed E-state index contributed by atoms with van der Waals surface area (Å²) in [5.74, 6) is 2.29. The van der Waals surface area contributed by atoms with Crippen molar-refractivity contribution >= 4 is 11.0 Å². The Morgan fingerprint density at radius 2 is 1.50 bits per heavy atom. The van der Waals surface area contributed by atoms with E-state index in [1.807, 2.05) is 47.9 Å². The molecule has 32 heavy (non-hydrogen) atoms. The van der Waals surface area contributed by atoms with Gasteiger partial charge in [0, 0.05) is 12.1 Å². The summed E-state index contributed by atoms with van der Waals surface area (Å²) in [7, 11) is 6.38. The van der Waals surface area contributed by atoms with Gasteiger partial charge in [0.25, 0.3) is 0 Å². The van der Waals surface area contributed by atoms with E-state index in [9.17, 15) is 5.11 Å². The topological polar surface area (TPSA) is 75.0 Å². The minimum atomic E-state index is -0.0115. The predicted molar refractivity (Wildman–Crippen MR) is 123 cm³/mol. The third kappa shape index (κ3) is 3.61. The van der Waals surface area contributed by atoms with Crippen LogP contribution in [0.1, 0.15) is 11.1 Å². The molecule has 0 amide bonds. The molecule has 3 aromatic carbocycles. The van der Waals surface area contributed by atoms with E-state index in [1.54, 1.807) is 34.8 Å². The van der Waals surface area contributed by atoms with Crippen LogP contribution in [0.25, 0.3) is 27.8 Å². The van der Waals surface area contributed by atoms with Crippen molar-refractivity contribution in [2.24, 2.45) is 0 Å². The van der Waals surface area contributed by atoms with Crippen molar-refractivity contribution < 1.29 is 24.1 Å². The van der Waals surface area contributed by atoms with Gasteiger partial charge in [0.2, 0.25) is 5.75 Å². The second kappa shape index (κ2) is 8.80. The highest BCUT2D eigenvalue weighted by Gasteiger charge is 2.18. The lowest BCUT2D eigenvalue weighted by molar-refractivity contribution is 0.281. The van der Waals surface area contributed by atoms with Crippen molar-refractivity contribution in [3.05, 3.63) is 59.9 Å². The van der Waals surface area contributed by atoms with Crippen LogP contribution in [-0.4, -0.2) is 43.1 Å². The fraction of sp³-hybridized carbons (Fsp3) is 0.240. The van der Waals surface area contributed by atoms with E-state index in [0.29, 0.717) is 23.0 Å². The van der Waals surface area contributed by atoms with Crippen LogP contribution in [-0.2, 0) is 6.61 Å². The Morgan fingerprint density at radius 3 is 2.09 bits per heavy atom. The minimum absolute atomic E-state index is 0.0115. The highest BCUT2D eigenvalue weighted by atomic mass is 16.5. The molecule has 7 nitrogen and oxygen atoms in total. The van der Waals surface area contributed by atoms with E-state index in [1.165, 1.54) is 0 Å². The molecule has 7 heteroatoms. The van der Waals surface area contributed by atoms with E-state index in [-0.39, 0.29) is 6.61 Å². The van der Waals surface area contributed by atoms with Gasteiger partial charge in [-0.25, -0.2) is 4.98 Å². The Morgan fingerprint density at radius 1 is 0.812 bits per heavy atom. The molecule has 0 saturated carbocycles. The molecule has 0 aliphatic rings. The van der Waals surface area contributed by atoms with E-state index >= 15 is 0 Å². The van der Waals surface area contributed by atoms with Gasteiger partial charge < -0.3 is 24.1 Å². The van der Waals surface area contributed by atoms with E-state index in [2.05, 4.69) is 11.1 Å². The average Bonchev–Trinajstić information content (AvgIpc) is 3.26. The predicted octanol–water partition coefficient (Wildman–Crippen LogP) is 4.53. The second-order valence-electron chi connectivity index (χ2n) is 7.34. The lowest BCUT2D eigenvalue weighted by Gasteiger charge is -2.15. The van der Waals surface area contributed by atoms with Gasteiger partial charge >= 0.3 is 0 Å². The summed E-state index contributed by atoms with van der Waals surface area (Å²) in [6, 6.07) is 13.8. The maximum absolute atomic E-state index is 9.69. The van der Waals surface area contributed by atoms with Gasteiger partial charge in [0.1, 0.15) is 17.6 Å².